The lowest BCUT2D eigenvalue weighted by atomic mass is 9.87. The molecule has 1 saturated carbocycles. The first kappa shape index (κ1) is 12.0. The van der Waals surface area contributed by atoms with E-state index in [-0.39, 0.29) is 17.6 Å². The molecule has 0 aliphatic heterocycles. The molecule has 0 saturated heterocycles. The predicted molar refractivity (Wildman–Crippen MR) is 54.8 cm³/mol. The van der Waals surface area contributed by atoms with Crippen LogP contribution in [-0.4, -0.2) is 23.4 Å². The molecule has 2 unspecified atom stereocenters. The highest BCUT2D eigenvalue weighted by Crippen LogP contribution is 2.24. The van der Waals surface area contributed by atoms with Crippen molar-refractivity contribution in [2.24, 2.45) is 5.92 Å². The molecule has 1 rings (SSSR count). The van der Waals surface area contributed by atoms with Crippen LogP contribution in [0.4, 0.5) is 0 Å². The summed E-state index contributed by atoms with van der Waals surface area (Å²) in [5.41, 5.74) is -0.264. The number of hydrogen-bond donors (Lipinski definition) is 1. The highest BCUT2D eigenvalue weighted by molar-refractivity contribution is 4.73. The van der Waals surface area contributed by atoms with E-state index in [1.54, 1.807) is 0 Å². The third-order valence-corrected chi connectivity index (χ3v) is 2.46. The highest BCUT2D eigenvalue weighted by Gasteiger charge is 2.24. The van der Waals surface area contributed by atoms with Gasteiger partial charge in [0.05, 0.1) is 18.3 Å². The Bertz CT molecular complexity index is 162. The van der Waals surface area contributed by atoms with E-state index in [0.29, 0.717) is 6.61 Å². The summed E-state index contributed by atoms with van der Waals surface area (Å²) < 4.78 is 0. The zero-order valence-corrected chi connectivity index (χ0v) is 9.45. The summed E-state index contributed by atoms with van der Waals surface area (Å²) in [6, 6.07) is 0. The molecular formula is C11H22O3. The maximum Gasteiger partial charge on any atom is 0.0952 e. The SMILES string of the molecule is CC(C)(C)OOCC1CCCCC1O. The van der Waals surface area contributed by atoms with Crippen molar-refractivity contribution < 1.29 is 14.9 Å². The zero-order chi connectivity index (χ0) is 10.6. The fourth-order valence-corrected chi connectivity index (χ4v) is 1.68. The number of hydrogen-bond acceptors (Lipinski definition) is 3. The highest BCUT2D eigenvalue weighted by atomic mass is 17.2. The lowest BCUT2D eigenvalue weighted by Crippen LogP contribution is -2.30. The first-order chi connectivity index (χ1) is 6.49. The molecule has 0 aromatic carbocycles. The second-order valence-electron chi connectivity index (χ2n) is 5.09. The summed E-state index contributed by atoms with van der Waals surface area (Å²) in [4.78, 5) is 10.3. The molecule has 84 valence electrons. The third-order valence-electron chi connectivity index (χ3n) is 2.46. The Morgan fingerprint density at radius 2 is 1.86 bits per heavy atom. The standard InChI is InChI=1S/C11H22O3/c1-11(2,3)14-13-8-9-6-4-5-7-10(9)12/h9-10,12H,4-8H2,1-3H3. The van der Waals surface area contributed by atoms with Crippen LogP contribution in [0.1, 0.15) is 46.5 Å². The lowest BCUT2D eigenvalue weighted by molar-refractivity contribution is -0.356. The average Bonchev–Trinajstić information content (AvgIpc) is 2.06. The molecule has 1 aliphatic carbocycles. The quantitative estimate of drug-likeness (QED) is 0.563. The normalized spacial score (nSPS) is 29.1. The first-order valence-corrected chi connectivity index (χ1v) is 5.48. The molecule has 2 atom stereocenters. The van der Waals surface area contributed by atoms with Crippen LogP contribution < -0.4 is 0 Å². The maximum absolute atomic E-state index is 9.66. The fraction of sp³-hybridized carbons (Fsp3) is 1.00. The van der Waals surface area contributed by atoms with Gasteiger partial charge in [-0.15, -0.1) is 0 Å². The van der Waals surface area contributed by atoms with Crippen LogP contribution in [0.5, 0.6) is 0 Å². The molecule has 1 aliphatic rings. The van der Waals surface area contributed by atoms with Crippen molar-refractivity contribution in [3.05, 3.63) is 0 Å². The number of rotatable bonds is 3. The minimum atomic E-state index is -0.264. The molecule has 14 heavy (non-hydrogen) atoms. The van der Waals surface area contributed by atoms with E-state index in [4.69, 9.17) is 9.78 Å². The summed E-state index contributed by atoms with van der Waals surface area (Å²) in [6.45, 7) is 6.36. The van der Waals surface area contributed by atoms with Gasteiger partial charge in [0.15, 0.2) is 0 Å². The molecule has 1 fully saturated rings. The minimum absolute atomic E-state index is 0.202. The van der Waals surface area contributed by atoms with Gasteiger partial charge in [0.2, 0.25) is 0 Å². The fourth-order valence-electron chi connectivity index (χ4n) is 1.68. The van der Waals surface area contributed by atoms with Crippen LogP contribution in [0, 0.1) is 5.92 Å². The van der Waals surface area contributed by atoms with E-state index in [0.717, 1.165) is 19.3 Å². The number of aliphatic hydroxyl groups is 1. The van der Waals surface area contributed by atoms with Gasteiger partial charge in [-0.3, -0.25) is 0 Å². The summed E-state index contributed by atoms with van der Waals surface area (Å²) in [5, 5.41) is 9.66. The van der Waals surface area contributed by atoms with E-state index in [2.05, 4.69) is 0 Å². The van der Waals surface area contributed by atoms with E-state index in [1.165, 1.54) is 6.42 Å². The summed E-state index contributed by atoms with van der Waals surface area (Å²) in [5.74, 6) is 0.256. The van der Waals surface area contributed by atoms with Gasteiger partial charge in [0.25, 0.3) is 0 Å². The molecular weight excluding hydrogens is 180 g/mol. The van der Waals surface area contributed by atoms with E-state index in [9.17, 15) is 5.11 Å². The molecule has 0 bridgehead atoms. The smallest absolute Gasteiger partial charge is 0.0952 e. The van der Waals surface area contributed by atoms with E-state index >= 15 is 0 Å². The van der Waals surface area contributed by atoms with Gasteiger partial charge in [0, 0.05) is 5.92 Å². The Balaban J connectivity index is 2.17. The van der Waals surface area contributed by atoms with Crippen molar-refractivity contribution in [1.29, 1.82) is 0 Å². The second kappa shape index (κ2) is 5.10. The van der Waals surface area contributed by atoms with E-state index in [1.807, 2.05) is 20.8 Å². The van der Waals surface area contributed by atoms with Crippen LogP contribution in [0.25, 0.3) is 0 Å². The Labute approximate surface area is 86.3 Å². The molecule has 0 radical (unpaired) electrons. The molecule has 1 N–H and O–H groups in total. The molecule has 0 heterocycles. The Hall–Kier alpha value is -0.120. The van der Waals surface area contributed by atoms with Gasteiger partial charge >= 0.3 is 0 Å². The Kier molecular flexibility index (Phi) is 4.35. The lowest BCUT2D eigenvalue weighted by Gasteiger charge is -2.28. The molecule has 0 spiro atoms. The van der Waals surface area contributed by atoms with Crippen molar-refractivity contribution >= 4 is 0 Å². The minimum Gasteiger partial charge on any atom is -0.393 e. The largest absolute Gasteiger partial charge is 0.393 e. The van der Waals surface area contributed by atoms with Gasteiger partial charge in [-0.05, 0) is 33.6 Å². The van der Waals surface area contributed by atoms with Gasteiger partial charge in [-0.1, -0.05) is 12.8 Å². The van der Waals surface area contributed by atoms with Crippen molar-refractivity contribution in [3.63, 3.8) is 0 Å². The summed E-state index contributed by atoms with van der Waals surface area (Å²) >= 11 is 0. The zero-order valence-electron chi connectivity index (χ0n) is 9.45. The second-order valence-corrected chi connectivity index (χ2v) is 5.09. The molecule has 0 aromatic rings. The van der Waals surface area contributed by atoms with E-state index < -0.39 is 0 Å². The van der Waals surface area contributed by atoms with Gasteiger partial charge < -0.3 is 5.11 Å². The Morgan fingerprint density at radius 1 is 1.21 bits per heavy atom. The van der Waals surface area contributed by atoms with Crippen LogP contribution in [0.15, 0.2) is 0 Å². The van der Waals surface area contributed by atoms with Gasteiger partial charge in [-0.2, -0.15) is 0 Å². The van der Waals surface area contributed by atoms with Crippen LogP contribution in [-0.2, 0) is 9.78 Å². The Morgan fingerprint density at radius 3 is 2.43 bits per heavy atom. The first-order valence-electron chi connectivity index (χ1n) is 5.48. The summed E-state index contributed by atoms with van der Waals surface area (Å²) in [6.07, 6.45) is 4.09. The third kappa shape index (κ3) is 4.40. The summed E-state index contributed by atoms with van der Waals surface area (Å²) in [7, 11) is 0. The molecule has 0 aromatic heterocycles. The molecule has 0 amide bonds. The van der Waals surface area contributed by atoms with Crippen molar-refractivity contribution in [1.82, 2.24) is 0 Å². The van der Waals surface area contributed by atoms with Crippen molar-refractivity contribution in [2.75, 3.05) is 6.61 Å². The predicted octanol–water partition coefficient (Wildman–Crippen LogP) is 2.28. The number of aliphatic hydroxyl groups excluding tert-OH is 1. The van der Waals surface area contributed by atoms with Crippen molar-refractivity contribution in [2.45, 2.75) is 58.2 Å². The topological polar surface area (TPSA) is 38.7 Å². The van der Waals surface area contributed by atoms with Crippen LogP contribution >= 0.6 is 0 Å². The molecule has 3 heteroatoms. The van der Waals surface area contributed by atoms with Crippen molar-refractivity contribution in [3.8, 4) is 0 Å². The maximum atomic E-state index is 9.66. The van der Waals surface area contributed by atoms with Gasteiger partial charge in [-0.25, -0.2) is 9.78 Å². The van der Waals surface area contributed by atoms with Gasteiger partial charge in [0.1, 0.15) is 0 Å². The monoisotopic (exact) mass is 202 g/mol. The molecule has 3 nitrogen and oxygen atoms in total. The van der Waals surface area contributed by atoms with Crippen LogP contribution in [0.3, 0.4) is 0 Å². The van der Waals surface area contributed by atoms with Crippen LogP contribution in [0.2, 0.25) is 0 Å². The average molecular weight is 202 g/mol.